The van der Waals surface area contributed by atoms with E-state index < -0.39 is 33.4 Å². The van der Waals surface area contributed by atoms with Gasteiger partial charge in [0, 0.05) is 19.3 Å². The van der Waals surface area contributed by atoms with Gasteiger partial charge in [-0.3, -0.25) is 14.4 Å². The van der Waals surface area contributed by atoms with E-state index in [1.165, 1.54) is 12.1 Å². The maximum absolute atomic E-state index is 13.4. The van der Waals surface area contributed by atoms with Crippen molar-refractivity contribution in [3.63, 3.8) is 0 Å². The van der Waals surface area contributed by atoms with Crippen LogP contribution in [0.3, 0.4) is 0 Å². The van der Waals surface area contributed by atoms with E-state index in [0.717, 1.165) is 0 Å². The Balaban J connectivity index is 3.49. The average molecular weight is 356 g/mol. The maximum atomic E-state index is 13.4. The molecule has 1 rings (SSSR count). The van der Waals surface area contributed by atoms with E-state index >= 15 is 0 Å². The molecule has 0 fully saturated rings. The summed E-state index contributed by atoms with van der Waals surface area (Å²) in [6.07, 6.45) is -0.0420. The molecular formula is C16H21FO6Si. The van der Waals surface area contributed by atoms with Gasteiger partial charge in [0.25, 0.3) is 17.9 Å². The highest BCUT2D eigenvalue weighted by molar-refractivity contribution is 6.79. The summed E-state index contributed by atoms with van der Waals surface area (Å²) in [7, 11) is -4.28. The molecule has 24 heavy (non-hydrogen) atoms. The highest BCUT2D eigenvalue weighted by Gasteiger charge is 2.56. The molecule has 6 nitrogen and oxygen atoms in total. The molecule has 0 amide bonds. The smallest absolute Gasteiger partial charge is 0.452 e. The summed E-state index contributed by atoms with van der Waals surface area (Å²) in [6, 6.07) is 6.05. The summed E-state index contributed by atoms with van der Waals surface area (Å²) in [6.45, 7) is 3.76. The topological polar surface area (TPSA) is 78.9 Å². The lowest BCUT2D eigenvalue weighted by atomic mass is 10.2. The van der Waals surface area contributed by atoms with Crippen LogP contribution in [0.4, 0.5) is 4.39 Å². The summed E-state index contributed by atoms with van der Waals surface area (Å²) in [5.74, 6) is -2.12. The summed E-state index contributed by atoms with van der Waals surface area (Å²) >= 11 is 0. The van der Waals surface area contributed by atoms with Crippen molar-refractivity contribution in [2.75, 3.05) is 0 Å². The molecule has 0 aliphatic rings. The van der Waals surface area contributed by atoms with Crippen LogP contribution in [-0.2, 0) is 34.3 Å². The van der Waals surface area contributed by atoms with E-state index in [-0.39, 0.29) is 30.0 Å². The van der Waals surface area contributed by atoms with E-state index in [0.29, 0.717) is 0 Å². The van der Waals surface area contributed by atoms with Crippen molar-refractivity contribution in [1.82, 2.24) is 0 Å². The molecule has 0 N–H and O–H groups in total. The number of halogens is 1. The maximum Gasteiger partial charge on any atom is 0.743 e. The van der Waals surface area contributed by atoms with Crippen LogP contribution >= 0.6 is 0 Å². The quantitative estimate of drug-likeness (QED) is 0.664. The van der Waals surface area contributed by atoms with E-state index in [2.05, 4.69) is 0 Å². The molecule has 8 heteroatoms. The van der Waals surface area contributed by atoms with Crippen molar-refractivity contribution in [2.45, 2.75) is 46.7 Å². The fourth-order valence-corrected chi connectivity index (χ4v) is 4.46. The predicted octanol–water partition coefficient (Wildman–Crippen LogP) is 2.16. The minimum atomic E-state index is -4.28. The van der Waals surface area contributed by atoms with Gasteiger partial charge in [-0.2, -0.15) is 0 Å². The van der Waals surface area contributed by atoms with Crippen molar-refractivity contribution >= 4 is 31.9 Å². The lowest BCUT2D eigenvalue weighted by Crippen LogP contribution is -2.60. The molecule has 0 aliphatic heterocycles. The van der Waals surface area contributed by atoms with Gasteiger partial charge in [-0.1, -0.05) is 45.0 Å². The number of benzene rings is 1. The van der Waals surface area contributed by atoms with E-state index in [9.17, 15) is 18.8 Å². The lowest BCUT2D eigenvalue weighted by Gasteiger charge is -2.28. The Hall–Kier alpha value is -2.22. The second-order valence-electron chi connectivity index (χ2n) is 4.83. The minimum absolute atomic E-state index is 0.0140. The Morgan fingerprint density at radius 2 is 1.29 bits per heavy atom. The van der Waals surface area contributed by atoms with E-state index in [1.807, 2.05) is 0 Å². The van der Waals surface area contributed by atoms with E-state index in [4.69, 9.17) is 13.3 Å². The number of carbonyl (C=O) groups excluding carboxylic acids is 3. The monoisotopic (exact) mass is 356 g/mol. The van der Waals surface area contributed by atoms with Gasteiger partial charge in [-0.25, -0.2) is 4.39 Å². The standard InChI is InChI=1S/C16H21FO6Si/c1-4-14(18)21-24(22-15(19)5-2,23-16(20)6-3)13-10-8-7-9-12(13)11-17/h7-10H,4-6,11H2,1-3H3. The second kappa shape index (κ2) is 9.17. The average Bonchev–Trinajstić information content (AvgIpc) is 2.60. The van der Waals surface area contributed by atoms with Crippen LogP contribution in [0.1, 0.15) is 45.6 Å². The van der Waals surface area contributed by atoms with Gasteiger partial charge in [0.15, 0.2) is 0 Å². The molecule has 0 bridgehead atoms. The number of carbonyl (C=O) groups is 3. The molecule has 0 saturated carbocycles. The van der Waals surface area contributed by atoms with Gasteiger partial charge in [0.1, 0.15) is 6.67 Å². The van der Waals surface area contributed by atoms with Crippen molar-refractivity contribution in [3.8, 4) is 0 Å². The fourth-order valence-electron chi connectivity index (χ4n) is 1.83. The molecule has 0 unspecified atom stereocenters. The van der Waals surface area contributed by atoms with Gasteiger partial charge in [0.2, 0.25) is 0 Å². The number of alkyl halides is 1. The van der Waals surface area contributed by atoms with E-state index in [1.54, 1.807) is 32.9 Å². The third kappa shape index (κ3) is 4.89. The Labute approximate surface area is 141 Å². The molecular weight excluding hydrogens is 335 g/mol. The van der Waals surface area contributed by atoms with Crippen LogP contribution in [0.15, 0.2) is 24.3 Å². The number of rotatable bonds is 8. The Morgan fingerprint density at radius 1 is 0.875 bits per heavy atom. The largest absolute Gasteiger partial charge is 0.743 e. The summed E-state index contributed by atoms with van der Waals surface area (Å²) in [5, 5.41) is 0.0953. The highest BCUT2D eigenvalue weighted by Crippen LogP contribution is 2.17. The van der Waals surface area contributed by atoms with Crippen molar-refractivity contribution in [2.24, 2.45) is 0 Å². The molecule has 0 spiro atoms. The molecule has 0 aromatic heterocycles. The summed E-state index contributed by atoms with van der Waals surface area (Å²) in [4.78, 5) is 35.6. The van der Waals surface area contributed by atoms with Crippen LogP contribution in [-0.4, -0.2) is 26.7 Å². The minimum Gasteiger partial charge on any atom is -0.452 e. The normalized spacial score (nSPS) is 10.8. The zero-order valence-electron chi connectivity index (χ0n) is 14.0. The zero-order valence-corrected chi connectivity index (χ0v) is 15.0. The van der Waals surface area contributed by atoms with Crippen LogP contribution in [0.25, 0.3) is 0 Å². The molecule has 132 valence electrons. The molecule has 1 aromatic rings. The molecule has 0 radical (unpaired) electrons. The molecule has 0 aliphatic carbocycles. The first-order valence-electron chi connectivity index (χ1n) is 7.72. The van der Waals surface area contributed by atoms with Crippen LogP contribution in [0, 0.1) is 0 Å². The third-order valence-corrected chi connectivity index (χ3v) is 5.74. The SMILES string of the molecule is CCC(=O)O[Si](OC(=O)CC)(OC(=O)CC)c1ccccc1CF. The highest BCUT2D eigenvalue weighted by atomic mass is 28.4. The Bertz CT molecular complexity index is 558. The summed E-state index contributed by atoms with van der Waals surface area (Å²) < 4.78 is 29.3. The Kier molecular flexibility index (Phi) is 7.57. The van der Waals surface area contributed by atoms with Crippen LogP contribution in [0.2, 0.25) is 0 Å². The first kappa shape index (κ1) is 19.8. The summed E-state index contributed by atoms with van der Waals surface area (Å²) in [5.41, 5.74) is 0.140. The van der Waals surface area contributed by atoms with Gasteiger partial charge < -0.3 is 13.3 Å². The van der Waals surface area contributed by atoms with Crippen LogP contribution in [0.5, 0.6) is 0 Å². The molecule has 0 saturated heterocycles. The lowest BCUT2D eigenvalue weighted by molar-refractivity contribution is -0.149. The Morgan fingerprint density at radius 3 is 1.67 bits per heavy atom. The van der Waals surface area contributed by atoms with Gasteiger partial charge in [0.05, 0.1) is 5.19 Å². The first-order chi connectivity index (χ1) is 11.4. The molecule has 0 atom stereocenters. The third-order valence-electron chi connectivity index (χ3n) is 3.10. The number of hydrogen-bond acceptors (Lipinski definition) is 6. The zero-order chi connectivity index (χ0) is 18.2. The van der Waals surface area contributed by atoms with Crippen molar-refractivity contribution < 1.29 is 32.1 Å². The van der Waals surface area contributed by atoms with Crippen LogP contribution < -0.4 is 5.19 Å². The van der Waals surface area contributed by atoms with Crippen molar-refractivity contribution in [3.05, 3.63) is 29.8 Å². The molecule has 0 heterocycles. The van der Waals surface area contributed by atoms with Gasteiger partial charge in [-0.05, 0) is 5.56 Å². The fraction of sp³-hybridized carbons (Fsp3) is 0.438. The molecule has 1 aromatic carbocycles. The second-order valence-corrected chi connectivity index (χ2v) is 7.09. The van der Waals surface area contributed by atoms with Gasteiger partial charge in [-0.15, -0.1) is 0 Å². The predicted molar refractivity (Wildman–Crippen MR) is 85.8 cm³/mol. The van der Waals surface area contributed by atoms with Gasteiger partial charge >= 0.3 is 8.80 Å². The number of hydrogen-bond donors (Lipinski definition) is 0. The first-order valence-corrected chi connectivity index (χ1v) is 9.44. The van der Waals surface area contributed by atoms with Crippen molar-refractivity contribution in [1.29, 1.82) is 0 Å².